The molecule has 3 rings (SSSR count). The molecule has 3 nitrogen and oxygen atoms in total. The summed E-state index contributed by atoms with van der Waals surface area (Å²) in [5, 5.41) is 11.4. The van der Waals surface area contributed by atoms with Crippen molar-refractivity contribution in [1.29, 1.82) is 0 Å². The number of hydrogen-bond donors (Lipinski definition) is 1. The smallest absolute Gasteiger partial charge is 0.343 e. The molecule has 1 aliphatic rings. The van der Waals surface area contributed by atoms with Crippen LogP contribution in [0.4, 0.5) is 0 Å². The Kier molecular flexibility index (Phi) is 3.75. The predicted octanol–water partition coefficient (Wildman–Crippen LogP) is 4.60. The minimum atomic E-state index is -0.376. The standard InChI is InChI=1S/C19H24O3/c1-12(2)19(10-8-13(3)9-11-19)16-17(20)14-6-4-5-7-15(14)22-18(16)21/h4-7,12-13,20H,8-11H2,1-3H3. The lowest BCUT2D eigenvalue weighted by molar-refractivity contribution is 0.173. The predicted molar refractivity (Wildman–Crippen MR) is 88.3 cm³/mol. The number of para-hydroxylation sites is 1. The normalized spacial score (nSPS) is 25.7. The molecule has 1 aromatic carbocycles. The number of benzene rings is 1. The van der Waals surface area contributed by atoms with Crippen molar-refractivity contribution in [3.63, 3.8) is 0 Å². The molecule has 0 radical (unpaired) electrons. The van der Waals surface area contributed by atoms with Gasteiger partial charge in [-0.25, -0.2) is 4.79 Å². The highest BCUT2D eigenvalue weighted by molar-refractivity contribution is 5.84. The Morgan fingerprint density at radius 3 is 2.50 bits per heavy atom. The first-order chi connectivity index (χ1) is 10.5. The average Bonchev–Trinajstić information content (AvgIpc) is 2.49. The summed E-state index contributed by atoms with van der Waals surface area (Å²) >= 11 is 0. The Hall–Kier alpha value is -1.77. The minimum absolute atomic E-state index is 0.120. The molecule has 1 aromatic heterocycles. The summed E-state index contributed by atoms with van der Waals surface area (Å²) in [5.41, 5.74) is 0.297. The minimum Gasteiger partial charge on any atom is -0.507 e. The second-order valence-electron chi connectivity index (χ2n) is 7.10. The maximum atomic E-state index is 12.6. The van der Waals surface area contributed by atoms with E-state index in [0.29, 0.717) is 22.5 Å². The largest absolute Gasteiger partial charge is 0.507 e. The van der Waals surface area contributed by atoms with Crippen LogP contribution in [0.25, 0.3) is 11.0 Å². The summed E-state index contributed by atoms with van der Waals surface area (Å²) in [4.78, 5) is 12.6. The quantitative estimate of drug-likeness (QED) is 0.824. The Morgan fingerprint density at radius 2 is 1.86 bits per heavy atom. The first-order valence-corrected chi connectivity index (χ1v) is 8.21. The molecule has 0 saturated heterocycles. The summed E-state index contributed by atoms with van der Waals surface area (Å²) in [7, 11) is 0. The van der Waals surface area contributed by atoms with Crippen molar-refractivity contribution < 1.29 is 9.52 Å². The van der Waals surface area contributed by atoms with Crippen molar-refractivity contribution >= 4 is 11.0 Å². The van der Waals surface area contributed by atoms with Crippen LogP contribution in [0.2, 0.25) is 0 Å². The third-order valence-electron chi connectivity index (χ3n) is 5.56. The molecule has 22 heavy (non-hydrogen) atoms. The Labute approximate surface area is 131 Å². The van der Waals surface area contributed by atoms with Gasteiger partial charge in [0.1, 0.15) is 11.3 Å². The lowest BCUT2D eigenvalue weighted by Gasteiger charge is -2.42. The average molecular weight is 300 g/mol. The van der Waals surface area contributed by atoms with E-state index in [1.807, 2.05) is 18.2 Å². The van der Waals surface area contributed by atoms with Gasteiger partial charge in [-0.2, -0.15) is 0 Å². The maximum absolute atomic E-state index is 12.6. The number of hydrogen-bond acceptors (Lipinski definition) is 3. The van der Waals surface area contributed by atoms with E-state index in [9.17, 15) is 9.90 Å². The van der Waals surface area contributed by atoms with Crippen LogP contribution < -0.4 is 5.63 Å². The van der Waals surface area contributed by atoms with E-state index in [1.54, 1.807) is 6.07 Å². The Morgan fingerprint density at radius 1 is 1.23 bits per heavy atom. The van der Waals surface area contributed by atoms with Crippen LogP contribution in [0, 0.1) is 11.8 Å². The molecule has 1 aliphatic carbocycles. The Bertz CT molecular complexity index is 734. The molecule has 1 N–H and O–H groups in total. The number of aromatic hydroxyl groups is 1. The van der Waals surface area contributed by atoms with Gasteiger partial charge in [-0.3, -0.25) is 0 Å². The molecule has 1 saturated carbocycles. The topological polar surface area (TPSA) is 50.4 Å². The molecule has 0 bridgehead atoms. The van der Waals surface area contributed by atoms with Crippen LogP contribution in [0.15, 0.2) is 33.5 Å². The highest BCUT2D eigenvalue weighted by atomic mass is 16.4. The van der Waals surface area contributed by atoms with Crippen LogP contribution >= 0.6 is 0 Å². The highest BCUT2D eigenvalue weighted by Crippen LogP contribution is 2.49. The van der Waals surface area contributed by atoms with E-state index in [4.69, 9.17) is 4.42 Å². The van der Waals surface area contributed by atoms with E-state index < -0.39 is 0 Å². The zero-order valence-electron chi connectivity index (χ0n) is 13.6. The zero-order valence-corrected chi connectivity index (χ0v) is 13.6. The van der Waals surface area contributed by atoms with Gasteiger partial charge in [-0.15, -0.1) is 0 Å². The van der Waals surface area contributed by atoms with Gasteiger partial charge >= 0.3 is 5.63 Å². The molecule has 0 unspecified atom stereocenters. The van der Waals surface area contributed by atoms with Gasteiger partial charge in [-0.05, 0) is 49.7 Å². The van der Waals surface area contributed by atoms with Crippen LogP contribution in [0.1, 0.15) is 52.0 Å². The molecular formula is C19H24O3. The van der Waals surface area contributed by atoms with Crippen molar-refractivity contribution in [3.8, 4) is 5.75 Å². The molecule has 0 amide bonds. The second kappa shape index (κ2) is 5.45. The van der Waals surface area contributed by atoms with Gasteiger partial charge in [0.05, 0.1) is 10.9 Å². The van der Waals surface area contributed by atoms with Gasteiger partial charge in [0, 0.05) is 5.41 Å². The number of rotatable bonds is 2. The van der Waals surface area contributed by atoms with Crippen LogP contribution in [-0.2, 0) is 5.41 Å². The van der Waals surface area contributed by atoms with Crippen molar-refractivity contribution in [1.82, 2.24) is 0 Å². The molecular weight excluding hydrogens is 276 g/mol. The molecule has 1 fully saturated rings. The maximum Gasteiger partial charge on any atom is 0.343 e. The third kappa shape index (κ3) is 2.23. The van der Waals surface area contributed by atoms with Crippen LogP contribution in [0.3, 0.4) is 0 Å². The first-order valence-electron chi connectivity index (χ1n) is 8.21. The SMILES string of the molecule is CC1CCC(c2c(O)c3ccccc3oc2=O)(C(C)C)CC1. The zero-order chi connectivity index (χ0) is 15.9. The molecule has 118 valence electrons. The van der Waals surface area contributed by atoms with E-state index in [0.717, 1.165) is 25.7 Å². The van der Waals surface area contributed by atoms with E-state index in [1.165, 1.54) is 0 Å². The number of fused-ring (bicyclic) bond motifs is 1. The summed E-state index contributed by atoms with van der Waals surface area (Å²) in [6.45, 7) is 6.54. The van der Waals surface area contributed by atoms with Crippen molar-refractivity contribution in [2.75, 3.05) is 0 Å². The summed E-state index contributed by atoms with van der Waals surface area (Å²) in [5.74, 6) is 1.09. The molecule has 1 heterocycles. The summed E-state index contributed by atoms with van der Waals surface area (Å²) in [6.07, 6.45) is 4.04. The van der Waals surface area contributed by atoms with Crippen molar-refractivity contribution in [2.24, 2.45) is 11.8 Å². The molecule has 2 aromatic rings. The molecule has 0 aliphatic heterocycles. The van der Waals surface area contributed by atoms with E-state index in [-0.39, 0.29) is 22.7 Å². The van der Waals surface area contributed by atoms with Crippen molar-refractivity contribution in [3.05, 3.63) is 40.2 Å². The van der Waals surface area contributed by atoms with E-state index in [2.05, 4.69) is 20.8 Å². The monoisotopic (exact) mass is 300 g/mol. The fourth-order valence-corrected chi connectivity index (χ4v) is 3.97. The van der Waals surface area contributed by atoms with Crippen molar-refractivity contribution in [2.45, 2.75) is 51.9 Å². The molecule has 0 spiro atoms. The molecule has 3 heteroatoms. The summed E-state index contributed by atoms with van der Waals surface area (Å²) in [6, 6.07) is 7.21. The highest BCUT2D eigenvalue weighted by Gasteiger charge is 2.43. The molecule has 0 atom stereocenters. The fourth-order valence-electron chi connectivity index (χ4n) is 3.97. The summed E-state index contributed by atoms with van der Waals surface area (Å²) < 4.78 is 5.51. The lowest BCUT2D eigenvalue weighted by atomic mass is 9.61. The Balaban J connectivity index is 2.25. The second-order valence-corrected chi connectivity index (χ2v) is 7.10. The van der Waals surface area contributed by atoms with Gasteiger partial charge in [0.15, 0.2) is 0 Å². The van der Waals surface area contributed by atoms with Gasteiger partial charge in [-0.1, -0.05) is 32.9 Å². The van der Waals surface area contributed by atoms with Crippen LogP contribution in [0.5, 0.6) is 5.75 Å². The van der Waals surface area contributed by atoms with Gasteiger partial charge in [0.2, 0.25) is 0 Å². The lowest BCUT2D eigenvalue weighted by Crippen LogP contribution is -2.40. The van der Waals surface area contributed by atoms with E-state index >= 15 is 0 Å². The van der Waals surface area contributed by atoms with Gasteiger partial charge in [0.25, 0.3) is 0 Å². The van der Waals surface area contributed by atoms with Crippen LogP contribution in [-0.4, -0.2) is 5.11 Å². The first kappa shape index (κ1) is 15.1. The fraction of sp³-hybridized carbons (Fsp3) is 0.526. The van der Waals surface area contributed by atoms with Gasteiger partial charge < -0.3 is 9.52 Å². The third-order valence-corrected chi connectivity index (χ3v) is 5.56.